The van der Waals surface area contributed by atoms with E-state index in [0.29, 0.717) is 11.6 Å². The van der Waals surface area contributed by atoms with Gasteiger partial charge in [-0.1, -0.05) is 0 Å². The Balaban J connectivity index is 2.74. The lowest BCUT2D eigenvalue weighted by Crippen LogP contribution is -2.24. The number of nitrogens with zero attached hydrogens (tertiary/aromatic N) is 6. The number of nitriles is 1. The SMILES string of the molecule is CN(C)c1cc(-n2nc(N(C)C)n(C)c2=O)c(F)cc1C#N. The van der Waals surface area contributed by atoms with Crippen LogP contribution in [0, 0.1) is 17.1 Å². The zero-order valence-corrected chi connectivity index (χ0v) is 13.1. The quantitative estimate of drug-likeness (QED) is 0.835. The van der Waals surface area contributed by atoms with Crippen LogP contribution in [0.1, 0.15) is 5.56 Å². The summed E-state index contributed by atoms with van der Waals surface area (Å²) in [6.45, 7) is 0. The van der Waals surface area contributed by atoms with Crippen LogP contribution >= 0.6 is 0 Å². The number of benzene rings is 1. The largest absolute Gasteiger partial charge is 0.377 e. The van der Waals surface area contributed by atoms with Gasteiger partial charge in [0.05, 0.1) is 11.3 Å². The van der Waals surface area contributed by atoms with Gasteiger partial charge in [-0.25, -0.2) is 9.18 Å². The maximum Gasteiger partial charge on any atom is 0.352 e. The summed E-state index contributed by atoms with van der Waals surface area (Å²) in [5.41, 5.74) is 0.263. The lowest BCUT2D eigenvalue weighted by molar-refractivity contribution is 0.606. The maximum absolute atomic E-state index is 14.3. The maximum atomic E-state index is 14.3. The summed E-state index contributed by atoms with van der Waals surface area (Å²) < 4.78 is 16.6. The molecule has 0 radical (unpaired) electrons. The zero-order valence-electron chi connectivity index (χ0n) is 13.1. The molecule has 0 aliphatic rings. The van der Waals surface area contributed by atoms with Gasteiger partial charge in [-0.05, 0) is 12.1 Å². The molecule has 7 nitrogen and oxygen atoms in total. The van der Waals surface area contributed by atoms with Crippen LogP contribution in [-0.2, 0) is 7.05 Å². The van der Waals surface area contributed by atoms with Gasteiger partial charge in [0.15, 0.2) is 5.82 Å². The van der Waals surface area contributed by atoms with Crippen LogP contribution < -0.4 is 15.5 Å². The van der Waals surface area contributed by atoms with E-state index in [4.69, 9.17) is 5.26 Å². The normalized spacial score (nSPS) is 10.4. The Bertz CT molecular complexity index is 812. The molecule has 0 aliphatic heterocycles. The minimum atomic E-state index is -0.673. The number of anilines is 2. The second-order valence-electron chi connectivity index (χ2n) is 5.27. The topological polar surface area (TPSA) is 70.1 Å². The first-order valence-corrected chi connectivity index (χ1v) is 6.52. The highest BCUT2D eigenvalue weighted by molar-refractivity contribution is 5.63. The molecule has 2 aromatic rings. The Kier molecular flexibility index (Phi) is 3.91. The molecule has 0 amide bonds. The van der Waals surface area contributed by atoms with Crippen molar-refractivity contribution in [2.45, 2.75) is 0 Å². The minimum absolute atomic E-state index is 0.0106. The van der Waals surface area contributed by atoms with Crippen LogP contribution in [0.4, 0.5) is 16.0 Å². The summed E-state index contributed by atoms with van der Waals surface area (Å²) in [6.07, 6.45) is 0. The average Bonchev–Trinajstić information content (AvgIpc) is 2.75. The molecule has 0 bridgehead atoms. The predicted octanol–water partition coefficient (Wildman–Crippen LogP) is 0.714. The molecule has 0 saturated carbocycles. The molecule has 0 unspecified atom stereocenters. The van der Waals surface area contributed by atoms with E-state index in [1.54, 1.807) is 45.0 Å². The van der Waals surface area contributed by atoms with Crippen LogP contribution in [0.3, 0.4) is 0 Å². The fourth-order valence-corrected chi connectivity index (χ4v) is 2.15. The van der Waals surface area contributed by atoms with E-state index >= 15 is 0 Å². The molecule has 2 rings (SSSR count). The Morgan fingerprint density at radius 1 is 1.23 bits per heavy atom. The van der Waals surface area contributed by atoms with Crippen molar-refractivity contribution in [1.82, 2.24) is 14.3 Å². The second-order valence-corrected chi connectivity index (χ2v) is 5.27. The molecule has 1 aromatic carbocycles. The number of hydrogen-bond acceptors (Lipinski definition) is 5. The molecule has 0 N–H and O–H groups in total. The van der Waals surface area contributed by atoms with Crippen molar-refractivity contribution in [3.63, 3.8) is 0 Å². The summed E-state index contributed by atoms with van der Waals surface area (Å²) in [6, 6.07) is 4.50. The van der Waals surface area contributed by atoms with Gasteiger partial charge in [-0.3, -0.25) is 4.57 Å². The molecule has 0 aliphatic carbocycles. The monoisotopic (exact) mass is 304 g/mol. The van der Waals surface area contributed by atoms with Gasteiger partial charge in [-0.2, -0.15) is 9.94 Å². The lowest BCUT2D eigenvalue weighted by Gasteiger charge is -2.15. The highest BCUT2D eigenvalue weighted by Crippen LogP contribution is 2.24. The van der Waals surface area contributed by atoms with Crippen LogP contribution in [-0.4, -0.2) is 42.5 Å². The number of aromatic nitrogens is 3. The van der Waals surface area contributed by atoms with E-state index in [1.807, 2.05) is 6.07 Å². The molecule has 116 valence electrons. The zero-order chi connectivity index (χ0) is 16.6. The molecule has 0 spiro atoms. The highest BCUT2D eigenvalue weighted by atomic mass is 19.1. The van der Waals surface area contributed by atoms with Crippen molar-refractivity contribution < 1.29 is 4.39 Å². The standard InChI is InChI=1S/C14H17FN6O/c1-18(2)11-7-12(10(15)6-9(11)8-16)21-14(22)20(5)13(17-21)19(3)4/h6-7H,1-5H3. The predicted molar refractivity (Wildman–Crippen MR) is 82.1 cm³/mol. The third-order valence-electron chi connectivity index (χ3n) is 3.25. The van der Waals surface area contributed by atoms with E-state index in [2.05, 4.69) is 5.10 Å². The first-order valence-electron chi connectivity index (χ1n) is 6.52. The Morgan fingerprint density at radius 2 is 1.86 bits per heavy atom. The van der Waals surface area contributed by atoms with Crippen LogP contribution in [0.2, 0.25) is 0 Å². The van der Waals surface area contributed by atoms with E-state index in [1.165, 1.54) is 10.6 Å². The van der Waals surface area contributed by atoms with Gasteiger partial charge in [0.2, 0.25) is 5.95 Å². The summed E-state index contributed by atoms with van der Waals surface area (Å²) in [4.78, 5) is 15.6. The van der Waals surface area contributed by atoms with Crippen molar-refractivity contribution in [2.75, 3.05) is 38.0 Å². The Labute approximate surface area is 127 Å². The molecule has 0 fully saturated rings. The summed E-state index contributed by atoms with van der Waals surface area (Å²) in [5.74, 6) is -0.271. The number of hydrogen-bond donors (Lipinski definition) is 0. The lowest BCUT2D eigenvalue weighted by atomic mass is 10.1. The molecule has 22 heavy (non-hydrogen) atoms. The highest BCUT2D eigenvalue weighted by Gasteiger charge is 2.18. The van der Waals surface area contributed by atoms with Gasteiger partial charge < -0.3 is 9.80 Å². The van der Waals surface area contributed by atoms with Gasteiger partial charge in [0, 0.05) is 35.2 Å². The Hall–Kier alpha value is -2.82. The van der Waals surface area contributed by atoms with Crippen molar-refractivity contribution in [2.24, 2.45) is 7.05 Å². The molecular formula is C14H17FN6O. The van der Waals surface area contributed by atoms with E-state index < -0.39 is 11.5 Å². The first-order chi connectivity index (χ1) is 10.3. The first kappa shape index (κ1) is 15.6. The molecule has 1 aromatic heterocycles. The molecule has 0 atom stereocenters. The molecule has 0 saturated heterocycles. The van der Waals surface area contributed by atoms with Gasteiger partial charge in [0.1, 0.15) is 11.8 Å². The summed E-state index contributed by atoms with van der Waals surface area (Å²) in [5, 5.41) is 13.2. The van der Waals surface area contributed by atoms with E-state index in [9.17, 15) is 9.18 Å². The fraction of sp³-hybridized carbons (Fsp3) is 0.357. The average molecular weight is 304 g/mol. The third-order valence-corrected chi connectivity index (χ3v) is 3.25. The number of rotatable bonds is 3. The van der Waals surface area contributed by atoms with Crippen LogP contribution in [0.25, 0.3) is 5.69 Å². The van der Waals surface area contributed by atoms with Gasteiger partial charge >= 0.3 is 5.69 Å². The smallest absolute Gasteiger partial charge is 0.352 e. The van der Waals surface area contributed by atoms with Crippen LogP contribution in [0.5, 0.6) is 0 Å². The third kappa shape index (κ3) is 2.41. The Morgan fingerprint density at radius 3 is 2.32 bits per heavy atom. The summed E-state index contributed by atoms with van der Waals surface area (Å²) >= 11 is 0. The fourth-order valence-electron chi connectivity index (χ4n) is 2.15. The number of halogens is 1. The second kappa shape index (κ2) is 5.52. The van der Waals surface area contributed by atoms with Crippen LogP contribution in [0.15, 0.2) is 16.9 Å². The molecule has 1 heterocycles. The van der Waals surface area contributed by atoms with Crippen molar-refractivity contribution in [1.29, 1.82) is 5.26 Å². The molecule has 8 heteroatoms. The van der Waals surface area contributed by atoms with Crippen molar-refractivity contribution in [3.8, 4) is 11.8 Å². The minimum Gasteiger partial charge on any atom is -0.377 e. The van der Waals surface area contributed by atoms with E-state index in [0.717, 1.165) is 10.7 Å². The van der Waals surface area contributed by atoms with E-state index in [-0.39, 0.29) is 11.3 Å². The summed E-state index contributed by atoms with van der Waals surface area (Å²) in [7, 11) is 8.53. The van der Waals surface area contributed by atoms with Gasteiger partial charge in [-0.15, -0.1) is 5.10 Å². The van der Waals surface area contributed by atoms with Gasteiger partial charge in [0.25, 0.3) is 0 Å². The van der Waals surface area contributed by atoms with Crippen molar-refractivity contribution in [3.05, 3.63) is 34.0 Å². The van der Waals surface area contributed by atoms with Crippen molar-refractivity contribution >= 4 is 11.6 Å². The molecular weight excluding hydrogens is 287 g/mol.